The van der Waals surface area contributed by atoms with Crippen LogP contribution in [0.5, 0.6) is 0 Å². The number of rotatable bonds is 2. The third-order valence-electron chi connectivity index (χ3n) is 2.93. The minimum atomic E-state index is -0.267. The van der Waals surface area contributed by atoms with Crippen molar-refractivity contribution in [1.82, 2.24) is 19.6 Å². The van der Waals surface area contributed by atoms with Crippen LogP contribution in [0.3, 0.4) is 0 Å². The zero-order valence-corrected chi connectivity index (χ0v) is 10.4. The minimum Gasteiger partial charge on any atom is -0.323 e. The van der Waals surface area contributed by atoms with E-state index in [-0.39, 0.29) is 11.6 Å². The van der Waals surface area contributed by atoms with Crippen molar-refractivity contribution in [3.8, 4) is 11.3 Å². The molecule has 0 saturated heterocycles. The number of hydrogen-bond donors (Lipinski definition) is 2. The van der Waals surface area contributed by atoms with Gasteiger partial charge >= 0.3 is 0 Å². The first kappa shape index (κ1) is 11.6. The summed E-state index contributed by atoms with van der Waals surface area (Å²) in [6, 6.07) is 6.73. The molecule has 19 heavy (non-hydrogen) atoms. The lowest BCUT2D eigenvalue weighted by Gasteiger charge is -2.03. The highest BCUT2D eigenvalue weighted by Gasteiger charge is 2.09. The highest BCUT2D eigenvalue weighted by molar-refractivity contribution is 5.63. The number of fused-ring (bicyclic) bond motifs is 1. The Kier molecular flexibility index (Phi) is 2.64. The molecule has 0 aliphatic heterocycles. The smallest absolute Gasteiger partial charge is 0.272 e. The average Bonchev–Trinajstić information content (AvgIpc) is 2.84. The van der Waals surface area contributed by atoms with Crippen molar-refractivity contribution >= 4 is 5.65 Å². The molecule has 0 aliphatic carbocycles. The van der Waals surface area contributed by atoms with Crippen LogP contribution in [0.2, 0.25) is 0 Å². The quantitative estimate of drug-likeness (QED) is 0.717. The average molecular weight is 255 g/mol. The van der Waals surface area contributed by atoms with E-state index in [0.29, 0.717) is 11.3 Å². The van der Waals surface area contributed by atoms with Crippen molar-refractivity contribution in [1.29, 1.82) is 0 Å². The van der Waals surface area contributed by atoms with Crippen LogP contribution >= 0.6 is 0 Å². The Hall–Kier alpha value is -2.47. The van der Waals surface area contributed by atoms with E-state index in [1.807, 2.05) is 18.2 Å². The number of aromatic nitrogens is 4. The summed E-state index contributed by atoms with van der Waals surface area (Å²) in [5.41, 5.74) is 8.50. The Morgan fingerprint density at radius 3 is 2.74 bits per heavy atom. The van der Waals surface area contributed by atoms with Crippen LogP contribution in [0.1, 0.15) is 18.7 Å². The molecule has 0 aromatic carbocycles. The van der Waals surface area contributed by atoms with E-state index in [1.54, 1.807) is 19.3 Å². The summed E-state index contributed by atoms with van der Waals surface area (Å²) >= 11 is 0. The molecule has 0 bridgehead atoms. The second-order valence-corrected chi connectivity index (χ2v) is 4.41. The predicted molar refractivity (Wildman–Crippen MR) is 71.6 cm³/mol. The summed E-state index contributed by atoms with van der Waals surface area (Å²) in [4.78, 5) is 20.3. The number of nitrogens with zero attached hydrogens (tertiary/aromatic N) is 3. The van der Waals surface area contributed by atoms with Gasteiger partial charge in [0.15, 0.2) is 5.65 Å². The third kappa shape index (κ3) is 2.02. The van der Waals surface area contributed by atoms with Gasteiger partial charge in [0.25, 0.3) is 5.56 Å². The maximum absolute atomic E-state index is 12.0. The number of aromatic amines is 1. The zero-order chi connectivity index (χ0) is 13.4. The molecule has 1 atom stereocenters. The minimum absolute atomic E-state index is 0.169. The molecule has 3 aromatic heterocycles. The van der Waals surface area contributed by atoms with Crippen LogP contribution in [0, 0.1) is 0 Å². The molecular formula is C13H13N5O. The van der Waals surface area contributed by atoms with Crippen molar-refractivity contribution < 1.29 is 0 Å². The molecule has 0 amide bonds. The molecule has 1 unspecified atom stereocenters. The van der Waals surface area contributed by atoms with Crippen LogP contribution < -0.4 is 11.3 Å². The lowest BCUT2D eigenvalue weighted by Crippen LogP contribution is -2.18. The molecule has 0 spiro atoms. The SMILES string of the molecule is CC(N)c1cc(=O)n2[nH]c(-c3ccncc3)cc2n1. The lowest BCUT2D eigenvalue weighted by atomic mass is 10.2. The Morgan fingerprint density at radius 2 is 2.05 bits per heavy atom. The lowest BCUT2D eigenvalue weighted by molar-refractivity contribution is 0.765. The van der Waals surface area contributed by atoms with Gasteiger partial charge in [0.2, 0.25) is 0 Å². The monoisotopic (exact) mass is 255 g/mol. The highest BCUT2D eigenvalue weighted by atomic mass is 16.1. The van der Waals surface area contributed by atoms with Gasteiger partial charge in [-0.15, -0.1) is 0 Å². The number of H-pyrrole nitrogens is 1. The maximum atomic E-state index is 12.0. The molecule has 96 valence electrons. The zero-order valence-electron chi connectivity index (χ0n) is 10.4. The molecule has 0 fully saturated rings. The fourth-order valence-electron chi connectivity index (χ4n) is 1.92. The summed E-state index contributed by atoms with van der Waals surface area (Å²) in [6.07, 6.45) is 3.40. The van der Waals surface area contributed by atoms with E-state index in [2.05, 4.69) is 15.1 Å². The fraction of sp³-hybridized carbons (Fsp3) is 0.154. The summed E-state index contributed by atoms with van der Waals surface area (Å²) < 4.78 is 1.40. The van der Waals surface area contributed by atoms with E-state index in [9.17, 15) is 4.79 Å². The maximum Gasteiger partial charge on any atom is 0.272 e. The Labute approximate surface area is 108 Å². The molecule has 3 heterocycles. The number of nitrogens with two attached hydrogens (primary N) is 1. The van der Waals surface area contributed by atoms with Crippen molar-refractivity contribution in [2.24, 2.45) is 5.73 Å². The molecule has 0 saturated carbocycles. The van der Waals surface area contributed by atoms with Gasteiger partial charge < -0.3 is 5.73 Å². The molecule has 0 aliphatic rings. The predicted octanol–water partition coefficient (Wildman–Crippen LogP) is 1.10. The van der Waals surface area contributed by atoms with Crippen LogP contribution in [-0.4, -0.2) is 19.6 Å². The molecule has 3 rings (SSSR count). The van der Waals surface area contributed by atoms with Gasteiger partial charge in [0.05, 0.1) is 11.4 Å². The molecule has 3 aromatic rings. The number of nitrogens with one attached hydrogen (secondary N) is 1. The summed E-state index contributed by atoms with van der Waals surface area (Å²) in [5.74, 6) is 0. The topological polar surface area (TPSA) is 89.1 Å². The van der Waals surface area contributed by atoms with Gasteiger partial charge in [-0.3, -0.25) is 14.9 Å². The molecule has 6 heteroatoms. The van der Waals surface area contributed by atoms with Gasteiger partial charge in [-0.25, -0.2) is 9.50 Å². The molecule has 6 nitrogen and oxygen atoms in total. The molecule has 0 radical (unpaired) electrons. The Morgan fingerprint density at radius 1 is 1.32 bits per heavy atom. The normalized spacial score (nSPS) is 12.7. The molecule has 3 N–H and O–H groups in total. The van der Waals surface area contributed by atoms with Crippen molar-refractivity contribution in [2.45, 2.75) is 13.0 Å². The van der Waals surface area contributed by atoms with E-state index in [1.165, 1.54) is 10.6 Å². The van der Waals surface area contributed by atoms with Gasteiger partial charge in [0.1, 0.15) is 0 Å². The van der Waals surface area contributed by atoms with Gasteiger partial charge in [-0.2, -0.15) is 0 Å². The third-order valence-corrected chi connectivity index (χ3v) is 2.93. The number of hydrogen-bond acceptors (Lipinski definition) is 4. The Bertz CT molecular complexity index is 773. The van der Waals surface area contributed by atoms with E-state index < -0.39 is 0 Å². The van der Waals surface area contributed by atoms with Crippen LogP contribution in [0.25, 0.3) is 16.9 Å². The largest absolute Gasteiger partial charge is 0.323 e. The van der Waals surface area contributed by atoms with E-state index in [0.717, 1.165) is 11.3 Å². The first-order valence-electron chi connectivity index (χ1n) is 5.94. The van der Waals surface area contributed by atoms with Crippen molar-refractivity contribution in [2.75, 3.05) is 0 Å². The summed E-state index contributed by atoms with van der Waals surface area (Å²) in [5, 5.41) is 3.02. The van der Waals surface area contributed by atoms with Crippen LogP contribution in [0.15, 0.2) is 41.5 Å². The highest BCUT2D eigenvalue weighted by Crippen LogP contribution is 2.17. The number of pyridine rings is 1. The second kappa shape index (κ2) is 4.33. The van der Waals surface area contributed by atoms with Gasteiger partial charge in [-0.1, -0.05) is 0 Å². The summed E-state index contributed by atoms with van der Waals surface area (Å²) in [7, 11) is 0. The van der Waals surface area contributed by atoms with Crippen LogP contribution in [0.4, 0.5) is 0 Å². The van der Waals surface area contributed by atoms with E-state index >= 15 is 0 Å². The fourth-order valence-corrected chi connectivity index (χ4v) is 1.92. The first-order chi connectivity index (χ1) is 9.15. The van der Waals surface area contributed by atoms with Crippen LogP contribution in [-0.2, 0) is 0 Å². The van der Waals surface area contributed by atoms with Gasteiger partial charge in [-0.05, 0) is 19.1 Å². The standard InChI is InChI=1S/C13H13N5O/c1-8(14)10-7-13(19)18-12(16-10)6-11(17-18)9-2-4-15-5-3-9/h2-8,17H,14H2,1H3. The summed E-state index contributed by atoms with van der Waals surface area (Å²) in [6.45, 7) is 1.80. The molecular weight excluding hydrogens is 242 g/mol. The Balaban J connectivity index is 2.21. The first-order valence-corrected chi connectivity index (χ1v) is 5.94. The second-order valence-electron chi connectivity index (χ2n) is 4.41. The van der Waals surface area contributed by atoms with E-state index in [4.69, 9.17) is 5.73 Å². The van der Waals surface area contributed by atoms with Crippen molar-refractivity contribution in [3.05, 3.63) is 52.7 Å². The van der Waals surface area contributed by atoms with Gasteiger partial charge in [0, 0.05) is 36.1 Å². The van der Waals surface area contributed by atoms with Crippen molar-refractivity contribution in [3.63, 3.8) is 0 Å².